The first kappa shape index (κ1) is 19.4. The van der Waals surface area contributed by atoms with E-state index in [2.05, 4.69) is 21.3 Å². The maximum Gasteiger partial charge on any atom is 0.255 e. The van der Waals surface area contributed by atoms with Crippen molar-refractivity contribution < 1.29 is 14.2 Å². The van der Waals surface area contributed by atoms with Crippen LogP contribution >= 0.6 is 0 Å². The van der Waals surface area contributed by atoms with Crippen molar-refractivity contribution in [1.82, 2.24) is 24.7 Å². The van der Waals surface area contributed by atoms with E-state index in [0.717, 1.165) is 44.0 Å². The predicted octanol–water partition coefficient (Wildman–Crippen LogP) is 0.560. The molecule has 9 heteroatoms. The summed E-state index contributed by atoms with van der Waals surface area (Å²) in [4.78, 5) is 30.2. The number of fused-ring (bicyclic) bond motifs is 4. The van der Waals surface area contributed by atoms with Crippen molar-refractivity contribution in [2.75, 3.05) is 39.4 Å². The lowest BCUT2D eigenvalue weighted by Gasteiger charge is -2.43. The van der Waals surface area contributed by atoms with Gasteiger partial charge in [0.15, 0.2) is 0 Å². The Hall–Kier alpha value is -2.52. The van der Waals surface area contributed by atoms with Crippen LogP contribution < -0.4 is 5.56 Å². The number of piperidine rings is 1. The Morgan fingerprint density at radius 3 is 2.77 bits per heavy atom. The van der Waals surface area contributed by atoms with Crippen molar-refractivity contribution in [2.45, 2.75) is 38.8 Å². The molecule has 2 aromatic heterocycles. The van der Waals surface area contributed by atoms with Crippen molar-refractivity contribution in [3.63, 3.8) is 0 Å². The number of pyridine rings is 1. The zero-order chi connectivity index (χ0) is 20.7. The Balaban J connectivity index is 1.32. The number of amides is 1. The standard InChI is InChI=1S/C21H27N5O4/c1-14-18(23-30-22-14)9-20(27)25-10-15-8-17(13-25)19-3-2-16(21(28)26(19)11-15)12-24-4-6-29-7-5-24/h2-3,15,17H,4-13H2,1H3/t15-,17+/m0/s1. The van der Waals surface area contributed by atoms with E-state index in [0.29, 0.717) is 43.5 Å². The van der Waals surface area contributed by atoms with Gasteiger partial charge in [0, 0.05) is 56.4 Å². The monoisotopic (exact) mass is 413 g/mol. The molecule has 2 fully saturated rings. The number of carbonyl (C=O) groups is 1. The number of ether oxygens (including phenoxy) is 1. The van der Waals surface area contributed by atoms with E-state index in [1.54, 1.807) is 6.92 Å². The van der Waals surface area contributed by atoms with Gasteiger partial charge in [0.2, 0.25) is 5.91 Å². The van der Waals surface area contributed by atoms with Gasteiger partial charge in [-0.2, -0.15) is 0 Å². The minimum Gasteiger partial charge on any atom is -0.379 e. The molecule has 2 saturated heterocycles. The van der Waals surface area contributed by atoms with Crippen LogP contribution in [0.2, 0.25) is 0 Å². The Kier molecular flexibility index (Phi) is 5.16. The second-order valence-electron chi connectivity index (χ2n) is 8.66. The van der Waals surface area contributed by atoms with Gasteiger partial charge in [-0.15, -0.1) is 0 Å². The summed E-state index contributed by atoms with van der Waals surface area (Å²) in [6, 6.07) is 4.08. The molecular formula is C21H27N5O4. The summed E-state index contributed by atoms with van der Waals surface area (Å²) in [5.41, 5.74) is 3.28. The highest BCUT2D eigenvalue weighted by molar-refractivity contribution is 5.78. The van der Waals surface area contributed by atoms with Crippen molar-refractivity contribution >= 4 is 5.91 Å². The average molecular weight is 413 g/mol. The van der Waals surface area contributed by atoms with Crippen LogP contribution in [0.3, 0.4) is 0 Å². The van der Waals surface area contributed by atoms with Gasteiger partial charge in [-0.25, -0.2) is 4.63 Å². The van der Waals surface area contributed by atoms with Gasteiger partial charge in [-0.3, -0.25) is 14.5 Å². The zero-order valence-corrected chi connectivity index (χ0v) is 17.2. The number of aromatic nitrogens is 3. The second kappa shape index (κ2) is 7.96. The summed E-state index contributed by atoms with van der Waals surface area (Å²) >= 11 is 0. The first-order chi connectivity index (χ1) is 14.6. The molecule has 30 heavy (non-hydrogen) atoms. The molecule has 0 saturated carbocycles. The predicted molar refractivity (Wildman–Crippen MR) is 107 cm³/mol. The van der Waals surface area contributed by atoms with E-state index >= 15 is 0 Å². The summed E-state index contributed by atoms with van der Waals surface area (Å²) in [5, 5.41) is 7.59. The number of nitrogens with zero attached hydrogens (tertiary/aromatic N) is 5. The SMILES string of the molecule is Cc1nonc1CC(=O)N1C[C@@H]2C[C@H](C1)c1ccc(CN3CCOCC3)c(=O)n1C2. The van der Waals surface area contributed by atoms with E-state index in [1.165, 1.54) is 0 Å². The Bertz CT molecular complexity index is 994. The van der Waals surface area contributed by atoms with Crippen molar-refractivity contribution in [2.24, 2.45) is 5.92 Å². The molecule has 0 spiro atoms. The minimum atomic E-state index is 0.0447. The number of likely N-dealkylation sites (tertiary alicyclic amines) is 1. The molecule has 0 aliphatic carbocycles. The molecule has 0 radical (unpaired) electrons. The number of hydrogen-bond donors (Lipinski definition) is 0. The lowest BCUT2D eigenvalue weighted by molar-refractivity contribution is -0.133. The van der Waals surface area contributed by atoms with Gasteiger partial charge in [0.1, 0.15) is 11.4 Å². The fourth-order valence-electron chi connectivity index (χ4n) is 4.98. The lowest BCUT2D eigenvalue weighted by Crippen LogP contribution is -2.50. The largest absolute Gasteiger partial charge is 0.379 e. The normalized spacial score (nSPS) is 24.0. The summed E-state index contributed by atoms with van der Waals surface area (Å²) in [5.74, 6) is 0.541. The second-order valence-corrected chi connectivity index (χ2v) is 8.66. The molecule has 5 rings (SSSR count). The van der Waals surface area contributed by atoms with Crippen LogP contribution in [0.15, 0.2) is 21.6 Å². The van der Waals surface area contributed by atoms with Gasteiger partial charge < -0.3 is 14.2 Å². The molecule has 0 N–H and O–H groups in total. The van der Waals surface area contributed by atoms with Gasteiger partial charge >= 0.3 is 0 Å². The van der Waals surface area contributed by atoms with Crippen LogP contribution in [0.5, 0.6) is 0 Å². The highest BCUT2D eigenvalue weighted by Gasteiger charge is 2.37. The number of carbonyl (C=O) groups excluding carboxylic acids is 1. The van der Waals surface area contributed by atoms with Gasteiger partial charge in [-0.05, 0) is 25.3 Å². The maximum absolute atomic E-state index is 13.2. The highest BCUT2D eigenvalue weighted by Crippen LogP contribution is 2.35. The smallest absolute Gasteiger partial charge is 0.255 e. The fraction of sp³-hybridized carbons (Fsp3) is 0.619. The third kappa shape index (κ3) is 3.67. The summed E-state index contributed by atoms with van der Waals surface area (Å²) in [7, 11) is 0. The van der Waals surface area contributed by atoms with Gasteiger partial charge in [0.05, 0.1) is 19.6 Å². The lowest BCUT2D eigenvalue weighted by atomic mass is 9.82. The zero-order valence-electron chi connectivity index (χ0n) is 17.2. The third-order valence-electron chi connectivity index (χ3n) is 6.60. The quantitative estimate of drug-likeness (QED) is 0.723. The van der Waals surface area contributed by atoms with E-state index < -0.39 is 0 Å². The molecule has 3 aliphatic rings. The molecule has 0 unspecified atom stereocenters. The number of morpholine rings is 1. The first-order valence-corrected chi connectivity index (χ1v) is 10.7. The maximum atomic E-state index is 13.2. The first-order valence-electron chi connectivity index (χ1n) is 10.7. The summed E-state index contributed by atoms with van der Waals surface area (Å²) in [6.07, 6.45) is 1.23. The van der Waals surface area contributed by atoms with E-state index in [4.69, 9.17) is 9.37 Å². The van der Waals surface area contributed by atoms with Crippen LogP contribution in [-0.2, 0) is 29.0 Å². The topological polar surface area (TPSA) is 93.7 Å². The number of rotatable bonds is 4. The molecule has 2 bridgehead atoms. The fourth-order valence-corrected chi connectivity index (χ4v) is 4.98. The number of hydrogen-bond acceptors (Lipinski definition) is 7. The minimum absolute atomic E-state index is 0.0447. The van der Waals surface area contributed by atoms with Crippen molar-refractivity contribution in [3.05, 3.63) is 45.1 Å². The average Bonchev–Trinajstić information content (AvgIpc) is 3.15. The van der Waals surface area contributed by atoms with E-state index in [-0.39, 0.29) is 23.8 Å². The molecule has 0 aromatic carbocycles. The Morgan fingerprint density at radius 2 is 2.00 bits per heavy atom. The molecule has 5 heterocycles. The summed E-state index contributed by atoms with van der Waals surface area (Å²) < 4.78 is 12.1. The summed E-state index contributed by atoms with van der Waals surface area (Å²) in [6.45, 7) is 7.65. The molecule has 160 valence electrons. The molecule has 9 nitrogen and oxygen atoms in total. The molecular weight excluding hydrogens is 386 g/mol. The molecule has 2 atom stereocenters. The van der Waals surface area contributed by atoms with Gasteiger partial charge in [0.25, 0.3) is 5.56 Å². The number of aryl methyl sites for hydroxylation is 1. The van der Waals surface area contributed by atoms with Gasteiger partial charge in [-0.1, -0.05) is 16.4 Å². The molecule has 1 amide bonds. The van der Waals surface area contributed by atoms with E-state index in [1.807, 2.05) is 15.5 Å². The van der Waals surface area contributed by atoms with Crippen molar-refractivity contribution in [1.29, 1.82) is 0 Å². The van der Waals surface area contributed by atoms with Crippen LogP contribution in [0, 0.1) is 12.8 Å². The Labute approximate surface area is 174 Å². The van der Waals surface area contributed by atoms with E-state index in [9.17, 15) is 9.59 Å². The third-order valence-corrected chi connectivity index (χ3v) is 6.60. The molecule has 2 aromatic rings. The van der Waals surface area contributed by atoms with Crippen LogP contribution in [-0.4, -0.2) is 70.0 Å². The van der Waals surface area contributed by atoms with Crippen LogP contribution in [0.1, 0.15) is 35.0 Å². The van der Waals surface area contributed by atoms with Crippen LogP contribution in [0.4, 0.5) is 0 Å². The van der Waals surface area contributed by atoms with Crippen molar-refractivity contribution in [3.8, 4) is 0 Å². The highest BCUT2D eigenvalue weighted by atomic mass is 16.6. The van der Waals surface area contributed by atoms with Crippen LogP contribution in [0.25, 0.3) is 0 Å². The Morgan fingerprint density at radius 1 is 1.17 bits per heavy atom. The molecule has 3 aliphatic heterocycles.